The molecule has 1 heterocycles. The third-order valence-corrected chi connectivity index (χ3v) is 3.46. The third-order valence-electron chi connectivity index (χ3n) is 3.16. The van der Waals surface area contributed by atoms with E-state index < -0.39 is 0 Å². The quantitative estimate of drug-likeness (QED) is 0.925. The van der Waals surface area contributed by atoms with Gasteiger partial charge < -0.3 is 10.1 Å². The van der Waals surface area contributed by atoms with Crippen molar-refractivity contribution in [2.75, 3.05) is 32.8 Å². The molecule has 1 N–H and O–H groups in total. The van der Waals surface area contributed by atoms with Crippen molar-refractivity contribution in [3.8, 4) is 5.75 Å². The molecule has 3 nitrogen and oxygen atoms in total. The topological polar surface area (TPSA) is 24.5 Å². The van der Waals surface area contributed by atoms with Crippen molar-refractivity contribution >= 4 is 24.0 Å². The van der Waals surface area contributed by atoms with E-state index in [4.69, 9.17) is 16.3 Å². The highest BCUT2D eigenvalue weighted by Gasteiger charge is 2.13. The van der Waals surface area contributed by atoms with Crippen LogP contribution in [0.4, 0.5) is 0 Å². The van der Waals surface area contributed by atoms with Crippen LogP contribution in [-0.4, -0.2) is 37.7 Å². The van der Waals surface area contributed by atoms with Crippen LogP contribution in [-0.2, 0) is 6.54 Å². The molecule has 108 valence electrons. The molecule has 0 unspecified atom stereocenters. The molecule has 1 aliphatic rings. The number of benzene rings is 1. The van der Waals surface area contributed by atoms with Crippen molar-refractivity contribution in [3.05, 3.63) is 28.8 Å². The number of para-hydroxylation sites is 1. The minimum atomic E-state index is 0. The molecule has 0 amide bonds. The van der Waals surface area contributed by atoms with Gasteiger partial charge in [0.25, 0.3) is 0 Å². The summed E-state index contributed by atoms with van der Waals surface area (Å²) in [6.45, 7) is 7.94. The maximum absolute atomic E-state index is 6.20. The molecule has 0 saturated carbocycles. The monoisotopic (exact) mass is 304 g/mol. The van der Waals surface area contributed by atoms with Crippen LogP contribution >= 0.6 is 24.0 Å². The molecule has 1 aromatic rings. The van der Waals surface area contributed by atoms with Crippen LogP contribution in [0.25, 0.3) is 0 Å². The Morgan fingerprint density at radius 3 is 2.95 bits per heavy atom. The molecule has 0 radical (unpaired) electrons. The van der Waals surface area contributed by atoms with Crippen molar-refractivity contribution < 1.29 is 4.74 Å². The third kappa shape index (κ3) is 4.84. The second-order valence-electron chi connectivity index (χ2n) is 4.54. The smallest absolute Gasteiger partial charge is 0.142 e. The first kappa shape index (κ1) is 16.6. The van der Waals surface area contributed by atoms with Gasteiger partial charge in [-0.05, 0) is 32.5 Å². The Kier molecular flexibility index (Phi) is 7.54. The van der Waals surface area contributed by atoms with E-state index in [1.165, 1.54) is 12.0 Å². The lowest BCUT2D eigenvalue weighted by Gasteiger charge is -2.21. The van der Waals surface area contributed by atoms with Gasteiger partial charge >= 0.3 is 0 Å². The zero-order valence-corrected chi connectivity index (χ0v) is 12.9. The van der Waals surface area contributed by atoms with Gasteiger partial charge in [0.2, 0.25) is 0 Å². The highest BCUT2D eigenvalue weighted by molar-refractivity contribution is 6.32. The highest BCUT2D eigenvalue weighted by Crippen LogP contribution is 2.29. The number of hydrogen-bond donors (Lipinski definition) is 1. The first-order chi connectivity index (χ1) is 8.81. The summed E-state index contributed by atoms with van der Waals surface area (Å²) in [7, 11) is 0. The van der Waals surface area contributed by atoms with E-state index in [1.807, 2.05) is 19.1 Å². The Labute approximate surface area is 126 Å². The molecule has 19 heavy (non-hydrogen) atoms. The normalized spacial score (nSPS) is 16.5. The Bertz CT molecular complexity index is 380. The number of halogens is 2. The summed E-state index contributed by atoms with van der Waals surface area (Å²) in [5.41, 5.74) is 1.19. The first-order valence-corrected chi connectivity index (χ1v) is 7.02. The summed E-state index contributed by atoms with van der Waals surface area (Å²) in [5, 5.41) is 4.13. The predicted molar refractivity (Wildman–Crippen MR) is 82.6 cm³/mol. The second kappa shape index (κ2) is 8.64. The average Bonchev–Trinajstić information content (AvgIpc) is 2.62. The van der Waals surface area contributed by atoms with Gasteiger partial charge in [-0.1, -0.05) is 23.7 Å². The van der Waals surface area contributed by atoms with Crippen LogP contribution in [0.1, 0.15) is 18.9 Å². The van der Waals surface area contributed by atoms with Crippen LogP contribution < -0.4 is 10.1 Å². The van der Waals surface area contributed by atoms with E-state index >= 15 is 0 Å². The molecule has 1 saturated heterocycles. The van der Waals surface area contributed by atoms with Gasteiger partial charge in [0.1, 0.15) is 5.75 Å². The lowest BCUT2D eigenvalue weighted by atomic mass is 10.2. The maximum Gasteiger partial charge on any atom is 0.142 e. The van der Waals surface area contributed by atoms with Crippen LogP contribution in [0.2, 0.25) is 5.02 Å². The van der Waals surface area contributed by atoms with Crippen LogP contribution in [0.15, 0.2) is 18.2 Å². The zero-order valence-electron chi connectivity index (χ0n) is 11.3. The maximum atomic E-state index is 6.20. The standard InChI is InChI=1S/C14H21ClN2O.ClH/c1-2-18-14-12(5-3-6-13(14)15)11-17-9-4-7-16-8-10-17;/h3,5-6,16H,2,4,7-11H2,1H3;1H. The van der Waals surface area contributed by atoms with Crippen molar-refractivity contribution in [2.24, 2.45) is 0 Å². The molecule has 0 atom stereocenters. The molecule has 2 rings (SSSR count). The zero-order chi connectivity index (χ0) is 12.8. The van der Waals surface area contributed by atoms with Gasteiger partial charge in [0.15, 0.2) is 0 Å². The summed E-state index contributed by atoms with van der Waals surface area (Å²) < 4.78 is 5.67. The lowest BCUT2D eigenvalue weighted by Crippen LogP contribution is -2.27. The fourth-order valence-electron chi connectivity index (χ4n) is 2.28. The second-order valence-corrected chi connectivity index (χ2v) is 4.95. The molecule has 1 fully saturated rings. The van der Waals surface area contributed by atoms with Crippen molar-refractivity contribution in [1.82, 2.24) is 10.2 Å². The largest absolute Gasteiger partial charge is 0.492 e. The number of nitrogens with one attached hydrogen (secondary N) is 1. The highest BCUT2D eigenvalue weighted by atomic mass is 35.5. The fourth-order valence-corrected chi connectivity index (χ4v) is 2.53. The predicted octanol–water partition coefficient (Wildman–Crippen LogP) is 2.96. The Balaban J connectivity index is 0.00000180. The molecular weight excluding hydrogens is 283 g/mol. The Morgan fingerprint density at radius 2 is 2.16 bits per heavy atom. The molecule has 0 spiro atoms. The number of nitrogens with zero attached hydrogens (tertiary/aromatic N) is 1. The molecule has 0 aliphatic carbocycles. The minimum Gasteiger partial charge on any atom is -0.492 e. The molecular formula is C14H22Cl2N2O. The summed E-state index contributed by atoms with van der Waals surface area (Å²) in [5.74, 6) is 0.846. The van der Waals surface area contributed by atoms with E-state index in [-0.39, 0.29) is 12.4 Å². The van der Waals surface area contributed by atoms with Crippen LogP contribution in [0.3, 0.4) is 0 Å². The molecule has 5 heteroatoms. The van der Waals surface area contributed by atoms with Crippen LogP contribution in [0.5, 0.6) is 5.75 Å². The van der Waals surface area contributed by atoms with Gasteiger partial charge in [0.05, 0.1) is 11.6 Å². The van der Waals surface area contributed by atoms with Gasteiger partial charge in [-0.15, -0.1) is 12.4 Å². The average molecular weight is 305 g/mol. The lowest BCUT2D eigenvalue weighted by molar-refractivity contribution is 0.273. The Morgan fingerprint density at radius 1 is 1.32 bits per heavy atom. The van der Waals surface area contributed by atoms with Crippen molar-refractivity contribution in [2.45, 2.75) is 19.9 Å². The SMILES string of the molecule is CCOc1c(Cl)cccc1CN1CCCNCC1.Cl. The van der Waals surface area contributed by atoms with Gasteiger partial charge in [-0.3, -0.25) is 4.90 Å². The fraction of sp³-hybridized carbons (Fsp3) is 0.571. The molecule has 0 aromatic heterocycles. The van der Waals surface area contributed by atoms with Crippen molar-refractivity contribution in [1.29, 1.82) is 0 Å². The van der Waals surface area contributed by atoms with Crippen molar-refractivity contribution in [3.63, 3.8) is 0 Å². The summed E-state index contributed by atoms with van der Waals surface area (Å²) in [6, 6.07) is 5.99. The van der Waals surface area contributed by atoms with E-state index in [2.05, 4.69) is 16.3 Å². The summed E-state index contributed by atoms with van der Waals surface area (Å²) in [4.78, 5) is 2.45. The van der Waals surface area contributed by atoms with E-state index in [9.17, 15) is 0 Å². The van der Waals surface area contributed by atoms with Gasteiger partial charge in [0, 0.05) is 25.2 Å². The summed E-state index contributed by atoms with van der Waals surface area (Å²) >= 11 is 6.20. The van der Waals surface area contributed by atoms with E-state index in [0.29, 0.717) is 11.6 Å². The molecule has 1 aromatic carbocycles. The summed E-state index contributed by atoms with van der Waals surface area (Å²) in [6.07, 6.45) is 1.20. The first-order valence-electron chi connectivity index (χ1n) is 6.64. The van der Waals surface area contributed by atoms with E-state index in [1.54, 1.807) is 0 Å². The van der Waals surface area contributed by atoms with Gasteiger partial charge in [-0.25, -0.2) is 0 Å². The van der Waals surface area contributed by atoms with Crippen LogP contribution in [0, 0.1) is 0 Å². The van der Waals surface area contributed by atoms with E-state index in [0.717, 1.165) is 38.5 Å². The number of hydrogen-bond acceptors (Lipinski definition) is 3. The Hall–Kier alpha value is -0.480. The minimum absolute atomic E-state index is 0. The number of ether oxygens (including phenoxy) is 1. The molecule has 1 aliphatic heterocycles. The number of rotatable bonds is 4. The van der Waals surface area contributed by atoms with Gasteiger partial charge in [-0.2, -0.15) is 0 Å². The molecule has 0 bridgehead atoms.